The Kier molecular flexibility index (Phi) is 3.23. The number of aromatic nitrogens is 2. The molecule has 4 unspecified atom stereocenters. The van der Waals surface area contributed by atoms with E-state index in [-0.39, 0.29) is 0 Å². The Morgan fingerprint density at radius 2 is 2.24 bits per heavy atom. The van der Waals surface area contributed by atoms with E-state index in [1.807, 2.05) is 0 Å². The number of nitrogens with zero attached hydrogens (tertiary/aromatic N) is 2. The standard InChI is InChI=1S/C17H23N3O/c1-18-14(12-9-11-7-8-16(12)21-11)10-17-19-13-5-3-4-6-15(13)20(17)2/h3-6,11-12,14,16,18H,7-10H2,1-2H3. The Labute approximate surface area is 125 Å². The van der Waals surface area contributed by atoms with Gasteiger partial charge in [-0.25, -0.2) is 4.98 Å². The van der Waals surface area contributed by atoms with Crippen molar-refractivity contribution in [3.63, 3.8) is 0 Å². The lowest BCUT2D eigenvalue weighted by atomic mass is 9.82. The van der Waals surface area contributed by atoms with Crippen LogP contribution in [-0.2, 0) is 18.2 Å². The molecule has 3 heterocycles. The number of benzene rings is 1. The number of hydrogen-bond acceptors (Lipinski definition) is 3. The van der Waals surface area contributed by atoms with E-state index in [4.69, 9.17) is 9.72 Å². The maximum absolute atomic E-state index is 6.03. The van der Waals surface area contributed by atoms with Crippen molar-refractivity contribution in [2.24, 2.45) is 13.0 Å². The number of fused-ring (bicyclic) bond motifs is 3. The van der Waals surface area contributed by atoms with E-state index in [1.165, 1.54) is 30.6 Å². The zero-order chi connectivity index (χ0) is 14.4. The fourth-order valence-electron chi connectivity index (χ4n) is 4.14. The van der Waals surface area contributed by atoms with E-state index in [1.54, 1.807) is 0 Å². The van der Waals surface area contributed by atoms with Crippen LogP contribution in [-0.4, -0.2) is 34.8 Å². The summed E-state index contributed by atoms with van der Waals surface area (Å²) >= 11 is 0. The Morgan fingerprint density at radius 3 is 2.90 bits per heavy atom. The number of aryl methyl sites for hydroxylation is 1. The minimum absolute atomic E-state index is 0.454. The molecule has 4 atom stereocenters. The van der Waals surface area contributed by atoms with E-state index in [2.05, 4.69) is 48.2 Å². The third kappa shape index (κ3) is 2.17. The van der Waals surface area contributed by atoms with Crippen molar-refractivity contribution in [2.75, 3.05) is 7.05 Å². The molecule has 1 aromatic carbocycles. The van der Waals surface area contributed by atoms with Gasteiger partial charge in [-0.2, -0.15) is 0 Å². The predicted molar refractivity (Wildman–Crippen MR) is 83.3 cm³/mol. The third-order valence-corrected chi connectivity index (χ3v) is 5.32. The van der Waals surface area contributed by atoms with Gasteiger partial charge >= 0.3 is 0 Å². The molecule has 0 aliphatic carbocycles. The summed E-state index contributed by atoms with van der Waals surface area (Å²) in [4.78, 5) is 4.82. The summed E-state index contributed by atoms with van der Waals surface area (Å²) in [5.74, 6) is 1.80. The van der Waals surface area contributed by atoms with Crippen LogP contribution in [0.1, 0.15) is 25.1 Å². The fraction of sp³-hybridized carbons (Fsp3) is 0.588. The molecule has 2 aliphatic rings. The summed E-state index contributed by atoms with van der Waals surface area (Å²) in [6.45, 7) is 0. The van der Waals surface area contributed by atoms with Crippen LogP contribution in [0.4, 0.5) is 0 Å². The maximum atomic E-state index is 6.03. The van der Waals surface area contributed by atoms with Crippen molar-refractivity contribution in [1.29, 1.82) is 0 Å². The van der Waals surface area contributed by atoms with Crippen LogP contribution in [0.25, 0.3) is 11.0 Å². The molecule has 112 valence electrons. The number of ether oxygens (including phenoxy) is 1. The number of likely N-dealkylation sites (N-methyl/N-ethyl adjacent to an activating group) is 1. The number of hydrogen-bond donors (Lipinski definition) is 1. The van der Waals surface area contributed by atoms with Crippen molar-refractivity contribution >= 4 is 11.0 Å². The molecule has 2 saturated heterocycles. The molecule has 0 spiro atoms. The minimum Gasteiger partial charge on any atom is -0.375 e. The molecule has 0 saturated carbocycles. The van der Waals surface area contributed by atoms with Crippen molar-refractivity contribution in [3.8, 4) is 0 Å². The molecule has 2 aliphatic heterocycles. The van der Waals surface area contributed by atoms with E-state index in [0.29, 0.717) is 24.2 Å². The summed E-state index contributed by atoms with van der Waals surface area (Å²) in [6, 6.07) is 8.82. The smallest absolute Gasteiger partial charge is 0.111 e. The van der Waals surface area contributed by atoms with Gasteiger partial charge in [0.1, 0.15) is 5.82 Å². The lowest BCUT2D eigenvalue weighted by Crippen LogP contribution is -2.40. The molecule has 2 aromatic rings. The molecule has 1 aromatic heterocycles. The summed E-state index contributed by atoms with van der Waals surface area (Å²) in [5, 5.41) is 3.52. The van der Waals surface area contributed by atoms with E-state index < -0.39 is 0 Å². The first kappa shape index (κ1) is 13.3. The van der Waals surface area contributed by atoms with Crippen LogP contribution >= 0.6 is 0 Å². The van der Waals surface area contributed by atoms with Crippen molar-refractivity contribution in [2.45, 2.75) is 43.9 Å². The van der Waals surface area contributed by atoms with Gasteiger partial charge in [-0.3, -0.25) is 0 Å². The van der Waals surface area contributed by atoms with Gasteiger partial charge in [-0.15, -0.1) is 0 Å². The van der Waals surface area contributed by atoms with E-state index in [9.17, 15) is 0 Å². The topological polar surface area (TPSA) is 39.1 Å². The summed E-state index contributed by atoms with van der Waals surface area (Å²) in [5.41, 5.74) is 2.31. The summed E-state index contributed by atoms with van der Waals surface area (Å²) < 4.78 is 8.26. The zero-order valence-electron chi connectivity index (χ0n) is 12.7. The van der Waals surface area contributed by atoms with Crippen LogP contribution < -0.4 is 5.32 Å². The summed E-state index contributed by atoms with van der Waals surface area (Å²) in [6.07, 6.45) is 5.64. The van der Waals surface area contributed by atoms with Gasteiger partial charge in [0.15, 0.2) is 0 Å². The van der Waals surface area contributed by atoms with Crippen LogP contribution in [0, 0.1) is 5.92 Å². The summed E-state index contributed by atoms with van der Waals surface area (Å²) in [7, 11) is 4.19. The van der Waals surface area contributed by atoms with Gasteiger partial charge in [0, 0.05) is 25.4 Å². The molecule has 0 amide bonds. The minimum atomic E-state index is 0.454. The highest BCUT2D eigenvalue weighted by Crippen LogP contribution is 2.41. The average molecular weight is 285 g/mol. The van der Waals surface area contributed by atoms with Gasteiger partial charge < -0.3 is 14.6 Å². The molecule has 2 bridgehead atoms. The van der Waals surface area contributed by atoms with Crippen LogP contribution in [0.5, 0.6) is 0 Å². The SMILES string of the molecule is CNC(Cc1nc2ccccc2n1C)C1CC2CCC1O2. The Bertz CT molecular complexity index is 651. The van der Waals surface area contributed by atoms with E-state index >= 15 is 0 Å². The predicted octanol–water partition coefficient (Wildman–Crippen LogP) is 2.27. The number of para-hydroxylation sites is 2. The third-order valence-electron chi connectivity index (χ3n) is 5.32. The zero-order valence-corrected chi connectivity index (χ0v) is 12.7. The second-order valence-electron chi connectivity index (χ2n) is 6.45. The Balaban J connectivity index is 1.59. The van der Waals surface area contributed by atoms with Crippen LogP contribution in [0.3, 0.4) is 0 Å². The molecule has 4 nitrogen and oxygen atoms in total. The number of rotatable bonds is 4. The lowest BCUT2D eigenvalue weighted by Gasteiger charge is -2.28. The molecule has 4 rings (SSSR count). The highest BCUT2D eigenvalue weighted by atomic mass is 16.5. The van der Waals surface area contributed by atoms with Gasteiger partial charge in [-0.05, 0) is 38.4 Å². The van der Waals surface area contributed by atoms with Crippen molar-refractivity contribution in [3.05, 3.63) is 30.1 Å². The number of nitrogens with one attached hydrogen (secondary N) is 1. The average Bonchev–Trinajstić information content (AvgIpc) is 3.20. The van der Waals surface area contributed by atoms with Crippen molar-refractivity contribution < 1.29 is 4.74 Å². The van der Waals surface area contributed by atoms with Gasteiger partial charge in [-0.1, -0.05) is 12.1 Å². The second-order valence-corrected chi connectivity index (χ2v) is 6.45. The van der Waals surface area contributed by atoms with Gasteiger partial charge in [0.05, 0.1) is 23.2 Å². The van der Waals surface area contributed by atoms with Gasteiger partial charge in [0.2, 0.25) is 0 Å². The first-order chi connectivity index (χ1) is 10.3. The Morgan fingerprint density at radius 1 is 1.38 bits per heavy atom. The highest BCUT2D eigenvalue weighted by molar-refractivity contribution is 5.75. The molecule has 21 heavy (non-hydrogen) atoms. The fourth-order valence-corrected chi connectivity index (χ4v) is 4.14. The monoisotopic (exact) mass is 285 g/mol. The maximum Gasteiger partial charge on any atom is 0.111 e. The van der Waals surface area contributed by atoms with Crippen molar-refractivity contribution in [1.82, 2.24) is 14.9 Å². The molecule has 2 fully saturated rings. The first-order valence-corrected chi connectivity index (χ1v) is 7.99. The normalized spacial score (nSPS) is 29.3. The molecule has 4 heteroatoms. The second kappa shape index (κ2) is 5.11. The highest BCUT2D eigenvalue weighted by Gasteiger charge is 2.44. The molecule has 1 N–H and O–H groups in total. The Hall–Kier alpha value is -1.39. The van der Waals surface area contributed by atoms with Crippen LogP contribution in [0.15, 0.2) is 24.3 Å². The van der Waals surface area contributed by atoms with E-state index in [0.717, 1.165) is 11.9 Å². The van der Waals surface area contributed by atoms with Crippen LogP contribution in [0.2, 0.25) is 0 Å². The largest absolute Gasteiger partial charge is 0.375 e. The van der Waals surface area contributed by atoms with Gasteiger partial charge in [0.25, 0.3) is 0 Å². The lowest BCUT2D eigenvalue weighted by molar-refractivity contribution is 0.0861. The molecular weight excluding hydrogens is 262 g/mol. The molecular formula is C17H23N3O. The first-order valence-electron chi connectivity index (χ1n) is 7.99. The number of imidazole rings is 1. The molecule has 0 radical (unpaired) electrons. The quantitative estimate of drug-likeness (QED) is 0.936.